The number of hydrogen-bond donors (Lipinski definition) is 0. The predicted molar refractivity (Wildman–Crippen MR) is 46.6 cm³/mol. The van der Waals surface area contributed by atoms with Crippen molar-refractivity contribution in [1.29, 1.82) is 0 Å². The van der Waals surface area contributed by atoms with Gasteiger partial charge in [-0.05, 0) is 25.6 Å². The molecule has 0 saturated carbocycles. The normalized spacial score (nSPS) is 23.7. The van der Waals surface area contributed by atoms with Crippen LogP contribution in [0.4, 0.5) is 0 Å². The third-order valence-electron chi connectivity index (χ3n) is 1.96. The second-order valence-electron chi connectivity index (χ2n) is 3.96. The van der Waals surface area contributed by atoms with Gasteiger partial charge in [0.05, 0.1) is 12.7 Å². The minimum Gasteiger partial charge on any atom is -0.373 e. The van der Waals surface area contributed by atoms with Gasteiger partial charge in [-0.2, -0.15) is 0 Å². The van der Waals surface area contributed by atoms with Crippen LogP contribution < -0.4 is 0 Å². The van der Waals surface area contributed by atoms with Crippen LogP contribution in [-0.2, 0) is 9.53 Å². The molecular formula is C8H17O2Si. The van der Waals surface area contributed by atoms with Crippen LogP contribution in [-0.4, -0.2) is 21.0 Å². The van der Waals surface area contributed by atoms with E-state index in [4.69, 9.17) is 4.74 Å². The lowest BCUT2D eigenvalue weighted by atomic mass is 10.2. The molecule has 1 unspecified atom stereocenters. The van der Waals surface area contributed by atoms with E-state index in [0.29, 0.717) is 6.10 Å². The molecule has 1 heterocycles. The molecule has 1 saturated heterocycles. The van der Waals surface area contributed by atoms with Crippen LogP contribution >= 0.6 is 0 Å². The summed E-state index contributed by atoms with van der Waals surface area (Å²) < 4.78 is 5.07. The van der Waals surface area contributed by atoms with Crippen LogP contribution in [0.2, 0.25) is 19.1 Å². The van der Waals surface area contributed by atoms with E-state index in [9.17, 15) is 4.80 Å². The molecule has 0 aromatic rings. The first-order chi connectivity index (χ1) is 5.08. The van der Waals surface area contributed by atoms with Crippen LogP contribution in [0.25, 0.3) is 0 Å². The Morgan fingerprint density at radius 2 is 2.09 bits per heavy atom. The molecule has 11 heavy (non-hydrogen) atoms. The summed E-state index contributed by atoms with van der Waals surface area (Å²) in [6.45, 7) is 4.74. The SMILES string of the molecule is C[Si](C)([O])CCCCC1CO1. The molecule has 1 fully saturated rings. The maximum absolute atomic E-state index is 11.3. The van der Waals surface area contributed by atoms with Gasteiger partial charge in [-0.1, -0.05) is 12.8 Å². The van der Waals surface area contributed by atoms with Gasteiger partial charge in [-0.25, -0.2) is 0 Å². The molecule has 1 aliphatic rings. The monoisotopic (exact) mass is 173 g/mol. The van der Waals surface area contributed by atoms with Gasteiger partial charge in [0.2, 0.25) is 8.32 Å². The first-order valence-corrected chi connectivity index (χ1v) is 7.51. The Morgan fingerprint density at radius 1 is 1.45 bits per heavy atom. The molecular weight excluding hydrogens is 156 g/mol. The summed E-state index contributed by atoms with van der Waals surface area (Å²) in [4.78, 5) is 11.3. The average Bonchev–Trinajstić information content (AvgIpc) is 2.60. The fourth-order valence-corrected chi connectivity index (χ4v) is 2.26. The highest BCUT2D eigenvalue weighted by Gasteiger charge is 2.23. The molecule has 1 rings (SSSR count). The van der Waals surface area contributed by atoms with Crippen molar-refractivity contribution in [3.63, 3.8) is 0 Å². The number of hydrogen-bond acceptors (Lipinski definition) is 1. The Bertz CT molecular complexity index is 116. The van der Waals surface area contributed by atoms with E-state index in [-0.39, 0.29) is 0 Å². The standard InChI is InChI=1S/C8H17O2Si/c1-11(2,9)6-4-3-5-8-7-10-8/h8H,3-7H2,1-2H3. The summed E-state index contributed by atoms with van der Waals surface area (Å²) in [5, 5.41) is 0. The van der Waals surface area contributed by atoms with Gasteiger partial charge >= 0.3 is 0 Å². The molecule has 3 heteroatoms. The van der Waals surface area contributed by atoms with Gasteiger partial charge in [0.15, 0.2) is 0 Å². The molecule has 0 N–H and O–H groups in total. The molecule has 1 radical (unpaired) electrons. The van der Waals surface area contributed by atoms with Crippen LogP contribution in [0.1, 0.15) is 19.3 Å². The Balaban J connectivity index is 1.87. The Kier molecular flexibility index (Phi) is 3.10. The first kappa shape index (κ1) is 9.23. The van der Waals surface area contributed by atoms with Gasteiger partial charge in [0, 0.05) is 0 Å². The largest absolute Gasteiger partial charge is 0.373 e. The summed E-state index contributed by atoms with van der Waals surface area (Å²) in [6.07, 6.45) is 4.02. The van der Waals surface area contributed by atoms with Gasteiger partial charge in [-0.3, -0.25) is 4.80 Å². The van der Waals surface area contributed by atoms with Gasteiger partial charge < -0.3 is 4.74 Å². The fraction of sp³-hybridized carbons (Fsp3) is 1.00. The van der Waals surface area contributed by atoms with E-state index < -0.39 is 8.32 Å². The molecule has 0 aromatic heterocycles. The topological polar surface area (TPSA) is 32.4 Å². The first-order valence-electron chi connectivity index (χ1n) is 4.40. The van der Waals surface area contributed by atoms with Crippen molar-refractivity contribution >= 4 is 8.32 Å². The van der Waals surface area contributed by atoms with Crippen molar-refractivity contribution in [1.82, 2.24) is 0 Å². The summed E-state index contributed by atoms with van der Waals surface area (Å²) >= 11 is 0. The van der Waals surface area contributed by atoms with E-state index in [1.165, 1.54) is 12.8 Å². The van der Waals surface area contributed by atoms with Crippen LogP contribution in [0.3, 0.4) is 0 Å². The summed E-state index contributed by atoms with van der Waals surface area (Å²) in [5.74, 6) is 0. The van der Waals surface area contributed by atoms with Crippen LogP contribution in [0, 0.1) is 0 Å². The Labute approximate surface area is 69.7 Å². The third-order valence-corrected chi connectivity index (χ3v) is 3.51. The molecule has 1 atom stereocenters. The number of epoxide rings is 1. The zero-order valence-corrected chi connectivity index (χ0v) is 8.43. The smallest absolute Gasteiger partial charge is 0.231 e. The van der Waals surface area contributed by atoms with E-state index in [1.54, 1.807) is 0 Å². The molecule has 65 valence electrons. The lowest BCUT2D eigenvalue weighted by Crippen LogP contribution is -2.21. The van der Waals surface area contributed by atoms with Gasteiger partial charge in [0.1, 0.15) is 0 Å². The zero-order chi connectivity index (χ0) is 8.32. The third kappa shape index (κ3) is 5.41. The molecule has 0 aromatic carbocycles. The zero-order valence-electron chi connectivity index (χ0n) is 7.43. The fourth-order valence-electron chi connectivity index (χ4n) is 1.16. The average molecular weight is 173 g/mol. The summed E-state index contributed by atoms with van der Waals surface area (Å²) in [5.41, 5.74) is 0. The van der Waals surface area contributed by atoms with Crippen molar-refractivity contribution in [3.05, 3.63) is 0 Å². The maximum Gasteiger partial charge on any atom is 0.231 e. The van der Waals surface area contributed by atoms with Crippen molar-refractivity contribution in [3.8, 4) is 0 Å². The number of unbranched alkanes of at least 4 members (excludes halogenated alkanes) is 1. The Hall–Kier alpha value is 0.137. The van der Waals surface area contributed by atoms with Crippen molar-refractivity contribution < 1.29 is 9.53 Å². The predicted octanol–water partition coefficient (Wildman–Crippen LogP) is 2.19. The molecule has 1 aliphatic heterocycles. The van der Waals surface area contributed by atoms with Crippen LogP contribution in [0.15, 0.2) is 0 Å². The van der Waals surface area contributed by atoms with E-state index in [0.717, 1.165) is 19.1 Å². The van der Waals surface area contributed by atoms with Crippen molar-refractivity contribution in [2.45, 2.75) is 44.5 Å². The minimum atomic E-state index is -2.00. The van der Waals surface area contributed by atoms with Gasteiger partial charge in [-0.15, -0.1) is 0 Å². The summed E-state index contributed by atoms with van der Waals surface area (Å²) in [6, 6.07) is 0.930. The number of ether oxygens (including phenoxy) is 1. The highest BCUT2D eigenvalue weighted by Crippen LogP contribution is 2.19. The summed E-state index contributed by atoms with van der Waals surface area (Å²) in [7, 11) is -2.00. The number of rotatable bonds is 5. The second-order valence-corrected chi connectivity index (χ2v) is 7.98. The van der Waals surface area contributed by atoms with Crippen LogP contribution in [0.5, 0.6) is 0 Å². The van der Waals surface area contributed by atoms with Crippen molar-refractivity contribution in [2.24, 2.45) is 0 Å². The second kappa shape index (κ2) is 3.69. The minimum absolute atomic E-state index is 0.548. The maximum atomic E-state index is 11.3. The molecule has 2 nitrogen and oxygen atoms in total. The van der Waals surface area contributed by atoms with E-state index in [1.807, 2.05) is 13.1 Å². The lowest BCUT2D eigenvalue weighted by molar-refractivity contribution is 0.387. The highest BCUT2D eigenvalue weighted by molar-refractivity contribution is 6.69. The highest BCUT2D eigenvalue weighted by atomic mass is 28.4. The molecule has 0 spiro atoms. The molecule has 0 bridgehead atoms. The quantitative estimate of drug-likeness (QED) is 0.356. The van der Waals surface area contributed by atoms with Gasteiger partial charge in [0.25, 0.3) is 0 Å². The van der Waals surface area contributed by atoms with Crippen molar-refractivity contribution in [2.75, 3.05) is 6.61 Å². The van der Waals surface area contributed by atoms with E-state index in [2.05, 4.69) is 0 Å². The van der Waals surface area contributed by atoms with E-state index >= 15 is 0 Å². The lowest BCUT2D eigenvalue weighted by Gasteiger charge is -2.09. The molecule has 0 aliphatic carbocycles. The molecule has 0 amide bonds. The Morgan fingerprint density at radius 3 is 2.55 bits per heavy atom.